The van der Waals surface area contributed by atoms with E-state index in [1.54, 1.807) is 7.11 Å². The van der Waals surface area contributed by atoms with Gasteiger partial charge in [0.2, 0.25) is 0 Å². The second-order valence-corrected chi connectivity index (χ2v) is 7.40. The highest BCUT2D eigenvalue weighted by Crippen LogP contribution is 2.41. The van der Waals surface area contributed by atoms with Crippen LogP contribution in [0.3, 0.4) is 0 Å². The lowest BCUT2D eigenvalue weighted by Crippen LogP contribution is -2.00. The molecule has 3 nitrogen and oxygen atoms in total. The highest BCUT2D eigenvalue weighted by atomic mass is 32.2. The van der Waals surface area contributed by atoms with Crippen molar-refractivity contribution in [1.29, 1.82) is 0 Å². The summed E-state index contributed by atoms with van der Waals surface area (Å²) < 4.78 is 7.11. The third kappa shape index (κ3) is 3.70. The van der Waals surface area contributed by atoms with Crippen LogP contribution in [0.4, 0.5) is 0 Å². The minimum Gasteiger partial charge on any atom is -0.497 e. The number of benzene rings is 1. The van der Waals surface area contributed by atoms with E-state index >= 15 is 0 Å². The number of carbonyl (C=O) groups excluding carboxylic acids is 2. The number of carbonyl (C=O) groups is 2. The summed E-state index contributed by atoms with van der Waals surface area (Å²) in [7, 11) is 1.61. The second-order valence-electron chi connectivity index (χ2n) is 5.02. The standard InChI is InChI=1S/C17H20O3S2/c1-4-6-13(18)16-12-10-11(20-3)8-9-14(12)21-17(16)22-15(19)7-5-2/h8-10H,4-7H2,1-3H3. The second kappa shape index (κ2) is 7.79. The predicted octanol–water partition coefficient (Wildman–Crippen LogP) is 5.31. The molecule has 0 spiro atoms. The van der Waals surface area contributed by atoms with E-state index in [-0.39, 0.29) is 10.9 Å². The van der Waals surface area contributed by atoms with Crippen LogP contribution in [0, 0.1) is 0 Å². The summed E-state index contributed by atoms with van der Waals surface area (Å²) in [6.45, 7) is 3.97. The minimum absolute atomic E-state index is 0.105. The summed E-state index contributed by atoms with van der Waals surface area (Å²) in [5.41, 5.74) is 0.690. The maximum absolute atomic E-state index is 12.5. The first kappa shape index (κ1) is 17.0. The van der Waals surface area contributed by atoms with Gasteiger partial charge in [0, 0.05) is 22.9 Å². The van der Waals surface area contributed by atoms with Gasteiger partial charge < -0.3 is 4.74 Å². The Morgan fingerprint density at radius 3 is 2.55 bits per heavy atom. The molecule has 0 unspecified atom stereocenters. The Bertz CT molecular complexity index is 689. The van der Waals surface area contributed by atoms with E-state index in [4.69, 9.17) is 4.74 Å². The highest BCUT2D eigenvalue weighted by molar-refractivity contribution is 8.15. The molecule has 0 atom stereocenters. The van der Waals surface area contributed by atoms with Gasteiger partial charge in [-0.1, -0.05) is 13.8 Å². The Labute approximate surface area is 139 Å². The summed E-state index contributed by atoms with van der Waals surface area (Å²) in [5, 5.41) is 1.01. The summed E-state index contributed by atoms with van der Waals surface area (Å²) in [5.74, 6) is 0.834. The molecule has 0 saturated heterocycles. The Morgan fingerprint density at radius 1 is 1.18 bits per heavy atom. The molecule has 0 bridgehead atoms. The van der Waals surface area contributed by atoms with Crippen molar-refractivity contribution in [3.05, 3.63) is 23.8 Å². The molecule has 0 fully saturated rings. The van der Waals surface area contributed by atoms with E-state index in [0.717, 1.165) is 32.9 Å². The van der Waals surface area contributed by atoms with Crippen molar-refractivity contribution in [3.63, 3.8) is 0 Å². The fraction of sp³-hybridized carbons (Fsp3) is 0.412. The number of thiophene rings is 1. The fourth-order valence-corrected chi connectivity index (χ4v) is 4.71. The molecule has 0 saturated carbocycles. The monoisotopic (exact) mass is 336 g/mol. The van der Waals surface area contributed by atoms with Gasteiger partial charge in [-0.25, -0.2) is 0 Å². The number of ketones is 1. The van der Waals surface area contributed by atoms with E-state index in [1.165, 1.54) is 23.1 Å². The maximum Gasteiger partial charge on any atom is 0.194 e. The van der Waals surface area contributed by atoms with Crippen molar-refractivity contribution < 1.29 is 14.3 Å². The first-order valence-electron chi connectivity index (χ1n) is 7.45. The largest absolute Gasteiger partial charge is 0.497 e. The van der Waals surface area contributed by atoms with Crippen molar-refractivity contribution >= 4 is 44.1 Å². The molecule has 0 amide bonds. The number of ether oxygens (including phenoxy) is 1. The molecular weight excluding hydrogens is 316 g/mol. The van der Waals surface area contributed by atoms with Gasteiger partial charge >= 0.3 is 0 Å². The van der Waals surface area contributed by atoms with Crippen LogP contribution in [0.5, 0.6) is 5.75 Å². The topological polar surface area (TPSA) is 43.4 Å². The molecule has 0 N–H and O–H groups in total. The third-order valence-electron chi connectivity index (χ3n) is 3.28. The van der Waals surface area contributed by atoms with Gasteiger partial charge in [0.15, 0.2) is 10.9 Å². The number of thioether (sulfide) groups is 1. The van der Waals surface area contributed by atoms with Crippen LogP contribution >= 0.6 is 23.1 Å². The van der Waals surface area contributed by atoms with Gasteiger partial charge in [0.05, 0.1) is 16.9 Å². The minimum atomic E-state index is 0.105. The number of hydrogen-bond donors (Lipinski definition) is 0. The lowest BCUT2D eigenvalue weighted by atomic mass is 10.1. The molecule has 0 aliphatic carbocycles. The molecule has 1 aromatic heterocycles. The van der Waals surface area contributed by atoms with E-state index < -0.39 is 0 Å². The summed E-state index contributed by atoms with van der Waals surface area (Å²) in [6.07, 6.45) is 2.65. The zero-order valence-corrected chi connectivity index (χ0v) is 14.7. The van der Waals surface area contributed by atoms with Crippen molar-refractivity contribution in [2.24, 2.45) is 0 Å². The van der Waals surface area contributed by atoms with Crippen LogP contribution in [0.15, 0.2) is 22.4 Å². The van der Waals surface area contributed by atoms with Crippen LogP contribution in [0.25, 0.3) is 10.1 Å². The SMILES string of the molecule is CCCC(=O)Sc1sc2ccc(OC)cc2c1C(=O)CCC. The van der Waals surface area contributed by atoms with Crippen LogP contribution in [-0.4, -0.2) is 18.0 Å². The third-order valence-corrected chi connectivity index (χ3v) is 5.57. The Hall–Kier alpha value is -1.33. The molecule has 0 radical (unpaired) electrons. The Morgan fingerprint density at radius 2 is 1.91 bits per heavy atom. The molecule has 118 valence electrons. The Kier molecular flexibility index (Phi) is 6.03. The predicted molar refractivity (Wildman–Crippen MR) is 93.4 cm³/mol. The number of rotatable bonds is 7. The number of Topliss-reactive ketones (excluding diaryl/α,β-unsaturated/α-hetero) is 1. The van der Waals surface area contributed by atoms with Crippen molar-refractivity contribution in [3.8, 4) is 5.75 Å². The van der Waals surface area contributed by atoms with E-state index in [0.29, 0.717) is 18.4 Å². The molecule has 0 aliphatic heterocycles. The quantitative estimate of drug-likeness (QED) is 0.507. The van der Waals surface area contributed by atoms with Gasteiger partial charge in [-0.3, -0.25) is 9.59 Å². The summed E-state index contributed by atoms with van der Waals surface area (Å²) in [6, 6.07) is 5.73. The average molecular weight is 336 g/mol. The van der Waals surface area contributed by atoms with Gasteiger partial charge in [-0.15, -0.1) is 11.3 Å². The smallest absolute Gasteiger partial charge is 0.194 e. The lowest BCUT2D eigenvalue weighted by Gasteiger charge is -2.03. The zero-order valence-electron chi connectivity index (χ0n) is 13.1. The first-order valence-corrected chi connectivity index (χ1v) is 9.08. The van der Waals surface area contributed by atoms with Gasteiger partial charge in [-0.05, 0) is 42.8 Å². The molecule has 2 rings (SSSR count). The number of methoxy groups -OCH3 is 1. The maximum atomic E-state index is 12.5. The number of fused-ring (bicyclic) bond motifs is 1. The summed E-state index contributed by atoms with van der Waals surface area (Å²) >= 11 is 2.72. The summed E-state index contributed by atoms with van der Waals surface area (Å²) in [4.78, 5) is 24.5. The zero-order chi connectivity index (χ0) is 16.1. The molecule has 1 aromatic carbocycles. The fourth-order valence-electron chi connectivity index (χ4n) is 2.23. The van der Waals surface area contributed by atoms with Crippen LogP contribution in [0.1, 0.15) is 49.9 Å². The molecule has 2 aromatic rings. The van der Waals surface area contributed by atoms with E-state index in [1.807, 2.05) is 32.0 Å². The number of hydrogen-bond acceptors (Lipinski definition) is 5. The highest BCUT2D eigenvalue weighted by Gasteiger charge is 2.21. The molecular formula is C17H20O3S2. The van der Waals surface area contributed by atoms with Crippen LogP contribution in [-0.2, 0) is 4.79 Å². The molecule has 1 heterocycles. The van der Waals surface area contributed by atoms with Crippen molar-refractivity contribution in [2.75, 3.05) is 7.11 Å². The molecule has 22 heavy (non-hydrogen) atoms. The van der Waals surface area contributed by atoms with E-state index in [9.17, 15) is 9.59 Å². The van der Waals surface area contributed by atoms with Gasteiger partial charge in [0.25, 0.3) is 0 Å². The average Bonchev–Trinajstić information content (AvgIpc) is 2.84. The Balaban J connectivity index is 2.51. The van der Waals surface area contributed by atoms with Crippen molar-refractivity contribution in [1.82, 2.24) is 0 Å². The van der Waals surface area contributed by atoms with Crippen LogP contribution in [0.2, 0.25) is 0 Å². The van der Waals surface area contributed by atoms with Crippen LogP contribution < -0.4 is 4.74 Å². The lowest BCUT2D eigenvalue weighted by molar-refractivity contribution is -0.111. The van der Waals surface area contributed by atoms with Gasteiger partial charge in [-0.2, -0.15) is 0 Å². The molecule has 5 heteroatoms. The van der Waals surface area contributed by atoms with E-state index in [2.05, 4.69) is 0 Å². The van der Waals surface area contributed by atoms with Gasteiger partial charge in [0.1, 0.15) is 5.75 Å². The van der Waals surface area contributed by atoms with Crippen molar-refractivity contribution in [2.45, 2.75) is 43.7 Å². The molecule has 0 aliphatic rings. The first-order chi connectivity index (χ1) is 10.6. The normalized spacial score (nSPS) is 10.9.